The largest absolute Gasteiger partial charge is 0.357 e. The van der Waals surface area contributed by atoms with E-state index in [0.29, 0.717) is 19.0 Å². The molecule has 0 aliphatic carbocycles. The highest BCUT2D eigenvalue weighted by atomic mass is 127. The summed E-state index contributed by atoms with van der Waals surface area (Å²) in [4.78, 5) is 14.0. The molecule has 2 rings (SSSR count). The van der Waals surface area contributed by atoms with E-state index in [9.17, 15) is 0 Å². The van der Waals surface area contributed by atoms with Gasteiger partial charge in [0.2, 0.25) is 0 Å². The van der Waals surface area contributed by atoms with Crippen molar-refractivity contribution in [2.45, 2.75) is 66.0 Å². The summed E-state index contributed by atoms with van der Waals surface area (Å²) in [5.41, 5.74) is 2.26. The van der Waals surface area contributed by atoms with Gasteiger partial charge in [-0.15, -0.1) is 46.7 Å². The molecule has 0 saturated heterocycles. The number of nitrogens with one attached hydrogen (secondary N) is 2. The highest BCUT2D eigenvalue weighted by Crippen LogP contribution is 2.25. The first-order valence-corrected chi connectivity index (χ1v) is 10.5. The van der Waals surface area contributed by atoms with Crippen molar-refractivity contribution in [2.75, 3.05) is 6.54 Å². The molecule has 0 amide bonds. The zero-order valence-corrected chi connectivity index (χ0v) is 20.4. The second-order valence-electron chi connectivity index (χ2n) is 7.26. The minimum Gasteiger partial charge on any atom is -0.357 e. The molecule has 0 aliphatic rings. The summed E-state index contributed by atoms with van der Waals surface area (Å²) in [7, 11) is 0. The molecule has 0 aliphatic heterocycles. The standard InChI is InChI=1S/C18H29N5S2.HI/c1-7-19-17(21-9-15-23-14(11-24-15)12(2)3)20-8-13-10-25-16(22-13)18(4,5)6;/h10-12H,7-9H2,1-6H3,(H2,19,20,21);1H. The first-order valence-electron chi connectivity index (χ1n) is 8.71. The van der Waals surface area contributed by atoms with E-state index >= 15 is 0 Å². The lowest BCUT2D eigenvalue weighted by Gasteiger charge is -2.13. The molecule has 0 fully saturated rings. The molecule has 2 aromatic rings. The molecule has 0 radical (unpaired) electrons. The molecule has 0 saturated carbocycles. The number of halogens is 1. The second-order valence-corrected chi connectivity index (χ2v) is 9.06. The smallest absolute Gasteiger partial charge is 0.191 e. The predicted molar refractivity (Wildman–Crippen MR) is 124 cm³/mol. The Bertz CT molecular complexity index is 701. The summed E-state index contributed by atoms with van der Waals surface area (Å²) in [6.07, 6.45) is 0. The summed E-state index contributed by atoms with van der Waals surface area (Å²) in [5, 5.41) is 13.1. The molecule has 0 aromatic carbocycles. The maximum absolute atomic E-state index is 4.70. The maximum atomic E-state index is 4.70. The van der Waals surface area contributed by atoms with E-state index in [2.05, 4.69) is 72.9 Å². The summed E-state index contributed by atoms with van der Waals surface area (Å²) in [6.45, 7) is 15.0. The molecule has 26 heavy (non-hydrogen) atoms. The van der Waals surface area contributed by atoms with Crippen LogP contribution in [0.4, 0.5) is 0 Å². The molecule has 2 N–H and O–H groups in total. The molecule has 0 atom stereocenters. The number of guanidine groups is 1. The van der Waals surface area contributed by atoms with Crippen molar-refractivity contribution in [3.05, 3.63) is 32.2 Å². The van der Waals surface area contributed by atoms with Crippen molar-refractivity contribution >= 4 is 52.6 Å². The highest BCUT2D eigenvalue weighted by molar-refractivity contribution is 14.0. The van der Waals surface area contributed by atoms with Crippen LogP contribution in [0.25, 0.3) is 0 Å². The lowest BCUT2D eigenvalue weighted by Crippen LogP contribution is -2.36. The van der Waals surface area contributed by atoms with Gasteiger partial charge >= 0.3 is 0 Å². The Balaban J connectivity index is 0.00000338. The Morgan fingerprint density at radius 3 is 2.42 bits per heavy atom. The number of hydrogen-bond donors (Lipinski definition) is 2. The van der Waals surface area contributed by atoms with Crippen molar-refractivity contribution in [3.8, 4) is 0 Å². The van der Waals surface area contributed by atoms with Gasteiger partial charge in [-0.05, 0) is 12.8 Å². The third kappa shape index (κ3) is 7.11. The fourth-order valence-corrected chi connectivity index (χ4v) is 3.85. The summed E-state index contributed by atoms with van der Waals surface area (Å²) in [6, 6.07) is 0. The van der Waals surface area contributed by atoms with Gasteiger partial charge in [0.25, 0.3) is 0 Å². The zero-order chi connectivity index (χ0) is 18.4. The molecular formula is C18H30IN5S2. The van der Waals surface area contributed by atoms with Crippen molar-refractivity contribution < 1.29 is 0 Å². The van der Waals surface area contributed by atoms with Gasteiger partial charge in [0.15, 0.2) is 5.96 Å². The van der Waals surface area contributed by atoms with E-state index < -0.39 is 0 Å². The Hall–Kier alpha value is -0.740. The van der Waals surface area contributed by atoms with Crippen LogP contribution in [0.15, 0.2) is 15.8 Å². The number of hydrogen-bond acceptors (Lipinski definition) is 5. The third-order valence-corrected chi connectivity index (χ3v) is 5.69. The van der Waals surface area contributed by atoms with Crippen LogP contribution >= 0.6 is 46.7 Å². The Kier molecular flexibility index (Phi) is 9.46. The van der Waals surface area contributed by atoms with E-state index in [1.807, 2.05) is 0 Å². The Morgan fingerprint density at radius 2 is 1.88 bits per heavy atom. The van der Waals surface area contributed by atoms with Gasteiger partial charge in [-0.25, -0.2) is 15.0 Å². The average molecular weight is 508 g/mol. The van der Waals surface area contributed by atoms with E-state index in [1.165, 1.54) is 0 Å². The maximum Gasteiger partial charge on any atom is 0.191 e. The molecule has 2 aromatic heterocycles. The van der Waals surface area contributed by atoms with Gasteiger partial charge in [-0.1, -0.05) is 34.6 Å². The van der Waals surface area contributed by atoms with E-state index in [-0.39, 0.29) is 29.4 Å². The molecular weight excluding hydrogens is 477 g/mol. The van der Waals surface area contributed by atoms with Gasteiger partial charge in [0.1, 0.15) is 5.01 Å². The van der Waals surface area contributed by atoms with Crippen LogP contribution in [0.1, 0.15) is 68.9 Å². The molecule has 0 bridgehead atoms. The lowest BCUT2D eigenvalue weighted by atomic mass is 9.98. The fraction of sp³-hybridized carbons (Fsp3) is 0.611. The van der Waals surface area contributed by atoms with E-state index in [4.69, 9.17) is 4.98 Å². The lowest BCUT2D eigenvalue weighted by molar-refractivity contribution is 0.583. The van der Waals surface area contributed by atoms with Crippen molar-refractivity contribution in [1.82, 2.24) is 20.6 Å². The summed E-state index contributed by atoms with van der Waals surface area (Å²) < 4.78 is 0. The molecule has 146 valence electrons. The Labute approximate surface area is 182 Å². The summed E-state index contributed by atoms with van der Waals surface area (Å²) in [5.74, 6) is 1.27. The van der Waals surface area contributed by atoms with Gasteiger partial charge in [-0.3, -0.25) is 0 Å². The van der Waals surface area contributed by atoms with Crippen molar-refractivity contribution in [2.24, 2.45) is 4.99 Å². The average Bonchev–Trinajstić information content (AvgIpc) is 3.18. The van der Waals surface area contributed by atoms with Crippen LogP contribution in [0.5, 0.6) is 0 Å². The van der Waals surface area contributed by atoms with Gasteiger partial charge in [-0.2, -0.15) is 0 Å². The predicted octanol–water partition coefficient (Wildman–Crippen LogP) is 4.89. The molecule has 0 spiro atoms. The van der Waals surface area contributed by atoms with Crippen molar-refractivity contribution in [1.29, 1.82) is 0 Å². The fourth-order valence-electron chi connectivity index (χ4n) is 2.06. The number of thiazole rings is 2. The van der Waals surface area contributed by atoms with Crippen LogP contribution in [0.3, 0.4) is 0 Å². The normalized spacial score (nSPS) is 12.2. The minimum atomic E-state index is 0. The van der Waals surface area contributed by atoms with Crippen LogP contribution in [-0.2, 0) is 18.5 Å². The first kappa shape index (κ1) is 23.3. The topological polar surface area (TPSA) is 62.2 Å². The first-order chi connectivity index (χ1) is 11.8. The highest BCUT2D eigenvalue weighted by Gasteiger charge is 2.17. The quantitative estimate of drug-likeness (QED) is 0.332. The molecule has 5 nitrogen and oxygen atoms in total. The van der Waals surface area contributed by atoms with E-state index in [0.717, 1.165) is 33.9 Å². The number of aromatic nitrogens is 2. The monoisotopic (exact) mass is 507 g/mol. The minimum absolute atomic E-state index is 0. The van der Waals surface area contributed by atoms with Crippen LogP contribution in [0, 0.1) is 0 Å². The molecule has 0 unspecified atom stereocenters. The SMILES string of the molecule is CCNC(=NCc1csc(C(C)(C)C)n1)NCc1nc(C(C)C)cs1.I. The third-order valence-electron chi connectivity index (χ3n) is 3.50. The molecule has 8 heteroatoms. The second kappa shape index (κ2) is 10.6. The van der Waals surface area contributed by atoms with Crippen LogP contribution in [0.2, 0.25) is 0 Å². The number of aliphatic imine (C=N–C) groups is 1. The van der Waals surface area contributed by atoms with Crippen molar-refractivity contribution in [3.63, 3.8) is 0 Å². The number of nitrogens with zero attached hydrogens (tertiary/aromatic N) is 3. The van der Waals surface area contributed by atoms with E-state index in [1.54, 1.807) is 22.7 Å². The number of rotatable bonds is 6. The zero-order valence-electron chi connectivity index (χ0n) is 16.4. The summed E-state index contributed by atoms with van der Waals surface area (Å²) >= 11 is 3.40. The molecule has 2 heterocycles. The van der Waals surface area contributed by atoms with Crippen LogP contribution < -0.4 is 10.6 Å². The van der Waals surface area contributed by atoms with Gasteiger partial charge in [0, 0.05) is 22.7 Å². The van der Waals surface area contributed by atoms with Crippen LogP contribution in [-0.4, -0.2) is 22.5 Å². The van der Waals surface area contributed by atoms with Gasteiger partial charge in [0.05, 0.1) is 29.5 Å². The Morgan fingerprint density at radius 1 is 1.15 bits per heavy atom. The van der Waals surface area contributed by atoms with Gasteiger partial charge < -0.3 is 10.6 Å².